The van der Waals surface area contributed by atoms with Gasteiger partial charge < -0.3 is 15.0 Å². The van der Waals surface area contributed by atoms with Crippen LogP contribution in [0.4, 0.5) is 11.8 Å². The van der Waals surface area contributed by atoms with Crippen LogP contribution in [0.2, 0.25) is 0 Å². The van der Waals surface area contributed by atoms with Crippen molar-refractivity contribution in [3.8, 4) is 0 Å². The van der Waals surface area contributed by atoms with Crippen LogP contribution in [0, 0.1) is 6.92 Å². The van der Waals surface area contributed by atoms with Crippen molar-refractivity contribution in [1.29, 1.82) is 0 Å². The van der Waals surface area contributed by atoms with Crippen molar-refractivity contribution in [2.24, 2.45) is 0 Å². The largest absolute Gasteiger partial charge is 0.381 e. The van der Waals surface area contributed by atoms with Crippen molar-refractivity contribution in [2.45, 2.75) is 25.8 Å². The lowest BCUT2D eigenvalue weighted by Gasteiger charge is -2.32. The molecule has 0 aliphatic carbocycles. The lowest BCUT2D eigenvalue weighted by Crippen LogP contribution is -2.37. The zero-order chi connectivity index (χ0) is 14.1. The molecule has 0 amide bonds. The second-order valence-electron chi connectivity index (χ2n) is 5.15. The molecule has 1 saturated heterocycles. The Bertz CT molecular complexity index is 606. The molecule has 0 aromatic carbocycles. The summed E-state index contributed by atoms with van der Waals surface area (Å²) in [6.45, 7) is 3.79. The van der Waals surface area contributed by atoms with E-state index >= 15 is 0 Å². The summed E-state index contributed by atoms with van der Waals surface area (Å²) in [4.78, 5) is 13.8. The predicted molar refractivity (Wildman–Crippen MR) is 83.9 cm³/mol. The summed E-state index contributed by atoms with van der Waals surface area (Å²) >= 11 is 1.72. The number of aromatic nitrogens is 2. The molecule has 1 aliphatic rings. The minimum Gasteiger partial charge on any atom is -0.381 e. The lowest BCUT2D eigenvalue weighted by molar-refractivity contribution is 0.0854. The summed E-state index contributed by atoms with van der Waals surface area (Å²) in [5.41, 5.74) is 0. The molecular weight excluding hydrogens is 272 g/mol. The smallest absolute Gasteiger partial charge is 0.225 e. The molecule has 5 nitrogen and oxygen atoms in total. The normalized spacial score (nSPS) is 16.6. The van der Waals surface area contributed by atoms with Crippen molar-refractivity contribution in [2.75, 3.05) is 37.5 Å². The van der Waals surface area contributed by atoms with Gasteiger partial charge in [0, 0.05) is 38.2 Å². The monoisotopic (exact) mass is 292 g/mol. The maximum atomic E-state index is 5.45. The fourth-order valence-electron chi connectivity index (χ4n) is 2.65. The van der Waals surface area contributed by atoms with E-state index in [9.17, 15) is 0 Å². The van der Waals surface area contributed by atoms with Crippen LogP contribution in [0.1, 0.15) is 17.7 Å². The number of ether oxygens (including phenoxy) is 1. The molecule has 6 heteroatoms. The molecule has 0 atom stereocenters. The van der Waals surface area contributed by atoms with E-state index in [4.69, 9.17) is 4.74 Å². The first kappa shape index (κ1) is 13.6. The van der Waals surface area contributed by atoms with Gasteiger partial charge in [-0.25, -0.2) is 4.98 Å². The van der Waals surface area contributed by atoms with Crippen LogP contribution in [0.3, 0.4) is 0 Å². The molecule has 3 rings (SSSR count). The van der Waals surface area contributed by atoms with Crippen molar-refractivity contribution in [3.05, 3.63) is 10.9 Å². The Morgan fingerprint density at radius 1 is 1.35 bits per heavy atom. The second-order valence-corrected chi connectivity index (χ2v) is 6.39. The number of aryl methyl sites for hydroxylation is 1. The number of rotatable bonds is 3. The average Bonchev–Trinajstić information content (AvgIpc) is 2.86. The van der Waals surface area contributed by atoms with Crippen LogP contribution in [0.5, 0.6) is 0 Å². The summed E-state index contributed by atoms with van der Waals surface area (Å²) in [6, 6.07) is 2.68. The van der Waals surface area contributed by atoms with E-state index < -0.39 is 0 Å². The SMILES string of the molecule is CNc1nc(N(C)C2CCOCC2)c2cc(C)sc2n1. The third-order valence-corrected chi connectivity index (χ3v) is 4.74. The van der Waals surface area contributed by atoms with Crippen molar-refractivity contribution in [1.82, 2.24) is 9.97 Å². The number of nitrogens with one attached hydrogen (secondary N) is 1. The van der Waals surface area contributed by atoms with Crippen LogP contribution >= 0.6 is 11.3 Å². The Balaban J connectivity index is 2.03. The molecule has 1 aliphatic heterocycles. The Morgan fingerprint density at radius 2 is 2.10 bits per heavy atom. The van der Waals surface area contributed by atoms with Gasteiger partial charge in [-0.3, -0.25) is 0 Å². The van der Waals surface area contributed by atoms with Gasteiger partial charge in [0.2, 0.25) is 5.95 Å². The van der Waals surface area contributed by atoms with E-state index in [-0.39, 0.29) is 0 Å². The first-order valence-corrected chi connectivity index (χ1v) is 7.77. The van der Waals surface area contributed by atoms with Crippen molar-refractivity contribution >= 4 is 33.3 Å². The number of hydrogen-bond donors (Lipinski definition) is 1. The van der Waals surface area contributed by atoms with Crippen molar-refractivity contribution in [3.63, 3.8) is 0 Å². The third-order valence-electron chi connectivity index (χ3n) is 3.79. The topological polar surface area (TPSA) is 50.3 Å². The standard InChI is InChI=1S/C14H20N4OS/c1-9-8-11-12(16-14(15-2)17-13(11)20-9)18(3)10-4-6-19-7-5-10/h8,10H,4-7H2,1-3H3,(H,15,16,17). The summed E-state index contributed by atoms with van der Waals surface area (Å²) in [5.74, 6) is 1.71. The molecule has 3 heterocycles. The van der Waals surface area contributed by atoms with Crippen molar-refractivity contribution < 1.29 is 4.74 Å². The van der Waals surface area contributed by atoms with Crippen LogP contribution in [-0.2, 0) is 4.74 Å². The molecule has 1 N–H and O–H groups in total. The highest BCUT2D eigenvalue weighted by molar-refractivity contribution is 7.18. The Hall–Kier alpha value is -1.40. The summed E-state index contributed by atoms with van der Waals surface area (Å²) in [6.07, 6.45) is 2.11. The Morgan fingerprint density at radius 3 is 2.80 bits per heavy atom. The first-order valence-electron chi connectivity index (χ1n) is 6.95. The fourth-order valence-corrected chi connectivity index (χ4v) is 3.53. The molecule has 0 saturated carbocycles. The van der Waals surface area contributed by atoms with Gasteiger partial charge in [0.25, 0.3) is 0 Å². The van der Waals surface area contributed by atoms with Crippen LogP contribution in [0.25, 0.3) is 10.2 Å². The van der Waals surface area contributed by atoms with Gasteiger partial charge in [-0.2, -0.15) is 4.98 Å². The van der Waals surface area contributed by atoms with E-state index in [1.807, 2.05) is 7.05 Å². The second kappa shape index (κ2) is 5.54. The molecule has 0 radical (unpaired) electrons. The quantitative estimate of drug-likeness (QED) is 0.942. The van der Waals surface area contributed by atoms with Crippen LogP contribution < -0.4 is 10.2 Å². The highest BCUT2D eigenvalue weighted by Gasteiger charge is 2.22. The van der Waals surface area contributed by atoms with Gasteiger partial charge in [-0.15, -0.1) is 11.3 Å². The molecule has 2 aromatic rings. The maximum absolute atomic E-state index is 5.45. The zero-order valence-electron chi connectivity index (χ0n) is 12.1. The summed E-state index contributed by atoms with van der Waals surface area (Å²) in [7, 11) is 3.99. The average molecular weight is 292 g/mol. The summed E-state index contributed by atoms with van der Waals surface area (Å²) in [5, 5.41) is 4.21. The number of anilines is 2. The van der Waals surface area contributed by atoms with Gasteiger partial charge in [-0.05, 0) is 25.8 Å². The predicted octanol–water partition coefficient (Wildman–Crippen LogP) is 2.66. The molecular formula is C14H20N4OS. The van der Waals surface area contributed by atoms with E-state index in [0.29, 0.717) is 12.0 Å². The third kappa shape index (κ3) is 2.45. The van der Waals surface area contributed by atoms with E-state index in [1.54, 1.807) is 11.3 Å². The van der Waals surface area contributed by atoms with Crippen LogP contribution in [0.15, 0.2) is 6.07 Å². The summed E-state index contributed by atoms with van der Waals surface area (Å²) < 4.78 is 5.45. The van der Waals surface area contributed by atoms with Gasteiger partial charge in [-0.1, -0.05) is 0 Å². The fraction of sp³-hybridized carbons (Fsp3) is 0.571. The molecule has 2 aromatic heterocycles. The maximum Gasteiger partial charge on any atom is 0.225 e. The van der Waals surface area contributed by atoms with Crippen LogP contribution in [-0.4, -0.2) is 43.3 Å². The number of thiophene rings is 1. The Labute approximate surface area is 123 Å². The minimum absolute atomic E-state index is 0.492. The molecule has 0 spiro atoms. The molecule has 0 bridgehead atoms. The number of fused-ring (bicyclic) bond motifs is 1. The van der Waals surface area contributed by atoms with Gasteiger partial charge >= 0.3 is 0 Å². The van der Waals surface area contributed by atoms with Gasteiger partial charge in [0.1, 0.15) is 10.6 Å². The number of hydrogen-bond acceptors (Lipinski definition) is 6. The van der Waals surface area contributed by atoms with E-state index in [0.717, 1.165) is 42.1 Å². The zero-order valence-corrected chi connectivity index (χ0v) is 13.0. The highest BCUT2D eigenvalue weighted by Crippen LogP contribution is 2.33. The highest BCUT2D eigenvalue weighted by atomic mass is 32.1. The van der Waals surface area contributed by atoms with E-state index in [1.165, 1.54) is 4.88 Å². The first-order chi connectivity index (χ1) is 9.69. The Kier molecular flexibility index (Phi) is 3.76. The van der Waals surface area contributed by atoms with Gasteiger partial charge in [0.05, 0.1) is 5.39 Å². The minimum atomic E-state index is 0.492. The lowest BCUT2D eigenvalue weighted by atomic mass is 10.1. The van der Waals surface area contributed by atoms with Gasteiger partial charge in [0.15, 0.2) is 0 Å². The molecule has 1 fully saturated rings. The molecule has 0 unspecified atom stereocenters. The number of nitrogens with zero attached hydrogens (tertiary/aromatic N) is 3. The van der Waals surface area contributed by atoms with E-state index in [2.05, 4.69) is 40.2 Å². The molecule has 20 heavy (non-hydrogen) atoms. The molecule has 108 valence electrons.